The first-order valence-electron chi connectivity index (χ1n) is 5.55. The van der Waals surface area contributed by atoms with Crippen LogP contribution in [0.5, 0.6) is 11.5 Å². The lowest BCUT2D eigenvalue weighted by molar-refractivity contribution is 0.408. The van der Waals surface area contributed by atoms with Gasteiger partial charge in [0.2, 0.25) is 0 Å². The molecule has 5 heteroatoms. The van der Waals surface area contributed by atoms with Crippen LogP contribution in [-0.2, 0) is 10.1 Å². The highest BCUT2D eigenvalue weighted by molar-refractivity contribution is 7.87. The molecule has 96 valence electrons. The Balaban J connectivity index is 2.81. The fourth-order valence-electron chi connectivity index (χ4n) is 1.36. The van der Waals surface area contributed by atoms with Crippen molar-refractivity contribution in [2.75, 3.05) is 12.9 Å². The zero-order valence-electron chi connectivity index (χ0n) is 10.4. The lowest BCUT2D eigenvalue weighted by atomic mass is 10.2. The quantitative estimate of drug-likeness (QED) is 0.736. The van der Waals surface area contributed by atoms with Gasteiger partial charge in [0.25, 0.3) is 0 Å². The van der Waals surface area contributed by atoms with Crippen molar-refractivity contribution < 1.29 is 17.3 Å². The molecule has 0 fully saturated rings. The third-order valence-electron chi connectivity index (χ3n) is 2.35. The van der Waals surface area contributed by atoms with Crippen LogP contribution in [0.2, 0.25) is 0 Å². The van der Waals surface area contributed by atoms with Crippen molar-refractivity contribution >= 4 is 10.1 Å². The minimum atomic E-state index is -3.49. The van der Waals surface area contributed by atoms with E-state index in [-0.39, 0.29) is 5.75 Å². The maximum absolute atomic E-state index is 11.6. The summed E-state index contributed by atoms with van der Waals surface area (Å²) in [5.74, 6) is 0.955. The lowest BCUT2D eigenvalue weighted by Gasteiger charge is -2.09. The van der Waals surface area contributed by atoms with E-state index >= 15 is 0 Å². The maximum Gasteiger partial charge on any atom is 0.309 e. The molecule has 0 N–H and O–H groups in total. The summed E-state index contributed by atoms with van der Waals surface area (Å²) >= 11 is 0. The summed E-state index contributed by atoms with van der Waals surface area (Å²) in [6.45, 7) is 3.82. The molecule has 0 aliphatic rings. The SMILES string of the molecule is CCCCS(=O)(=O)Oc1ccc(C)c(OC)c1. The first-order chi connectivity index (χ1) is 7.98. The predicted octanol–water partition coefficient (Wildman–Crippen LogP) is 2.51. The molecule has 4 nitrogen and oxygen atoms in total. The van der Waals surface area contributed by atoms with E-state index in [1.165, 1.54) is 7.11 Å². The number of hydrogen-bond donors (Lipinski definition) is 0. The lowest BCUT2D eigenvalue weighted by Crippen LogP contribution is -2.13. The van der Waals surface area contributed by atoms with Gasteiger partial charge in [-0.1, -0.05) is 19.4 Å². The highest BCUT2D eigenvalue weighted by atomic mass is 32.2. The highest BCUT2D eigenvalue weighted by Gasteiger charge is 2.12. The Morgan fingerprint density at radius 3 is 2.59 bits per heavy atom. The average Bonchev–Trinajstić information content (AvgIpc) is 2.29. The predicted molar refractivity (Wildman–Crippen MR) is 67.1 cm³/mol. The van der Waals surface area contributed by atoms with Crippen molar-refractivity contribution in [1.82, 2.24) is 0 Å². The van der Waals surface area contributed by atoms with E-state index in [1.54, 1.807) is 18.2 Å². The van der Waals surface area contributed by atoms with E-state index in [1.807, 2.05) is 13.8 Å². The van der Waals surface area contributed by atoms with Crippen LogP contribution < -0.4 is 8.92 Å². The van der Waals surface area contributed by atoms with Gasteiger partial charge in [-0.25, -0.2) is 0 Å². The van der Waals surface area contributed by atoms with Crippen LogP contribution in [0, 0.1) is 6.92 Å². The molecule has 0 heterocycles. The van der Waals surface area contributed by atoms with E-state index < -0.39 is 10.1 Å². The molecule has 0 aliphatic heterocycles. The Kier molecular flexibility index (Phi) is 4.81. The molecule has 0 radical (unpaired) electrons. The second kappa shape index (κ2) is 5.91. The van der Waals surface area contributed by atoms with Gasteiger partial charge in [0.1, 0.15) is 11.5 Å². The van der Waals surface area contributed by atoms with Gasteiger partial charge in [0, 0.05) is 6.07 Å². The zero-order chi connectivity index (χ0) is 12.9. The molecule has 0 spiro atoms. The van der Waals surface area contributed by atoms with Crippen LogP contribution in [-0.4, -0.2) is 21.3 Å². The van der Waals surface area contributed by atoms with E-state index in [9.17, 15) is 8.42 Å². The first-order valence-corrected chi connectivity index (χ1v) is 7.13. The molecule has 1 aromatic carbocycles. The van der Waals surface area contributed by atoms with Gasteiger partial charge in [0.05, 0.1) is 12.9 Å². The van der Waals surface area contributed by atoms with Crippen molar-refractivity contribution in [2.24, 2.45) is 0 Å². The maximum atomic E-state index is 11.6. The number of unbranched alkanes of at least 4 members (excludes halogenated alkanes) is 1. The van der Waals surface area contributed by atoms with Crippen LogP contribution in [0.1, 0.15) is 25.3 Å². The molecule has 0 aromatic heterocycles. The van der Waals surface area contributed by atoms with Crippen LogP contribution in [0.25, 0.3) is 0 Å². The van der Waals surface area contributed by atoms with Gasteiger partial charge in [-0.2, -0.15) is 8.42 Å². The molecule has 17 heavy (non-hydrogen) atoms. The summed E-state index contributed by atoms with van der Waals surface area (Å²) in [6.07, 6.45) is 1.42. The van der Waals surface area contributed by atoms with Crippen molar-refractivity contribution in [3.63, 3.8) is 0 Å². The number of rotatable bonds is 6. The molecule has 0 atom stereocenters. The van der Waals surface area contributed by atoms with Crippen LogP contribution in [0.15, 0.2) is 18.2 Å². The monoisotopic (exact) mass is 258 g/mol. The van der Waals surface area contributed by atoms with E-state index in [4.69, 9.17) is 8.92 Å². The summed E-state index contributed by atoms with van der Waals surface area (Å²) in [4.78, 5) is 0. The second-order valence-electron chi connectivity index (χ2n) is 3.83. The Bertz CT molecular complexity index is 465. The number of aryl methyl sites for hydroxylation is 1. The van der Waals surface area contributed by atoms with Gasteiger partial charge < -0.3 is 8.92 Å². The number of methoxy groups -OCH3 is 1. The fourth-order valence-corrected chi connectivity index (χ4v) is 2.48. The molecule has 0 amide bonds. The summed E-state index contributed by atoms with van der Waals surface area (Å²) in [6, 6.07) is 4.98. The van der Waals surface area contributed by atoms with Crippen molar-refractivity contribution in [3.8, 4) is 11.5 Å². The van der Waals surface area contributed by atoms with Gasteiger partial charge in [-0.15, -0.1) is 0 Å². The molecule has 0 saturated heterocycles. The molecular weight excluding hydrogens is 240 g/mol. The standard InChI is InChI=1S/C12H18O4S/c1-4-5-8-17(13,14)16-11-7-6-10(2)12(9-11)15-3/h6-7,9H,4-5,8H2,1-3H3. The Morgan fingerprint density at radius 2 is 2.00 bits per heavy atom. The number of hydrogen-bond acceptors (Lipinski definition) is 4. The third-order valence-corrected chi connectivity index (χ3v) is 3.59. The van der Waals surface area contributed by atoms with Crippen molar-refractivity contribution in [1.29, 1.82) is 0 Å². The Hall–Kier alpha value is -1.23. The third kappa shape index (κ3) is 4.26. The smallest absolute Gasteiger partial charge is 0.309 e. The van der Waals surface area contributed by atoms with Crippen LogP contribution >= 0.6 is 0 Å². The molecule has 0 unspecified atom stereocenters. The highest BCUT2D eigenvalue weighted by Crippen LogP contribution is 2.24. The molecule has 0 bridgehead atoms. The van der Waals surface area contributed by atoms with Crippen LogP contribution in [0.4, 0.5) is 0 Å². The van der Waals surface area contributed by atoms with Gasteiger partial charge in [-0.3, -0.25) is 0 Å². The molecule has 1 aromatic rings. The van der Waals surface area contributed by atoms with Gasteiger partial charge in [-0.05, 0) is 25.0 Å². The summed E-state index contributed by atoms with van der Waals surface area (Å²) in [7, 11) is -1.95. The van der Waals surface area contributed by atoms with Crippen LogP contribution in [0.3, 0.4) is 0 Å². The van der Waals surface area contributed by atoms with E-state index in [2.05, 4.69) is 0 Å². The topological polar surface area (TPSA) is 52.6 Å². The average molecular weight is 258 g/mol. The first kappa shape index (κ1) is 13.8. The van der Waals surface area contributed by atoms with E-state index in [0.29, 0.717) is 17.9 Å². The van der Waals surface area contributed by atoms with Gasteiger partial charge >= 0.3 is 10.1 Å². The fraction of sp³-hybridized carbons (Fsp3) is 0.500. The summed E-state index contributed by atoms with van der Waals surface area (Å²) in [5.41, 5.74) is 0.936. The minimum absolute atomic E-state index is 0.0414. The minimum Gasteiger partial charge on any atom is -0.496 e. The molecular formula is C12H18O4S. The summed E-state index contributed by atoms with van der Waals surface area (Å²) in [5, 5.41) is 0. The molecule has 1 rings (SSSR count). The van der Waals surface area contributed by atoms with Crippen molar-refractivity contribution in [2.45, 2.75) is 26.7 Å². The Labute approximate surface area is 103 Å². The van der Waals surface area contributed by atoms with E-state index in [0.717, 1.165) is 12.0 Å². The largest absolute Gasteiger partial charge is 0.496 e. The van der Waals surface area contributed by atoms with Crippen molar-refractivity contribution in [3.05, 3.63) is 23.8 Å². The normalized spacial score (nSPS) is 11.2. The second-order valence-corrected chi connectivity index (χ2v) is 5.52. The molecule has 0 aliphatic carbocycles. The number of benzene rings is 1. The van der Waals surface area contributed by atoms with Gasteiger partial charge in [0.15, 0.2) is 0 Å². The Morgan fingerprint density at radius 1 is 1.29 bits per heavy atom. The molecule has 0 saturated carbocycles. The number of ether oxygens (including phenoxy) is 1. The zero-order valence-corrected chi connectivity index (χ0v) is 11.2. The summed E-state index contributed by atoms with van der Waals surface area (Å²) < 4.78 is 33.3.